The first-order chi connectivity index (χ1) is 15.1. The summed E-state index contributed by atoms with van der Waals surface area (Å²) in [4.78, 5) is 18.3. The van der Waals surface area contributed by atoms with E-state index in [9.17, 15) is 4.79 Å². The second-order valence-corrected chi connectivity index (χ2v) is 7.61. The van der Waals surface area contributed by atoms with Crippen molar-refractivity contribution < 1.29 is 14.3 Å². The number of nitrogens with zero attached hydrogens (tertiary/aromatic N) is 2. The van der Waals surface area contributed by atoms with Crippen LogP contribution in [0.4, 0.5) is 0 Å². The van der Waals surface area contributed by atoms with Crippen LogP contribution in [0.2, 0.25) is 0 Å². The number of nitrogens with one attached hydrogen (secondary N) is 2. The minimum atomic E-state index is -0.0673. The zero-order valence-electron chi connectivity index (χ0n) is 19.0. The number of halogens is 1. The van der Waals surface area contributed by atoms with Crippen LogP contribution in [0.5, 0.6) is 11.5 Å². The summed E-state index contributed by atoms with van der Waals surface area (Å²) in [7, 11) is 3.78. The summed E-state index contributed by atoms with van der Waals surface area (Å²) in [6.07, 6.45) is 2.14. The third-order valence-corrected chi connectivity index (χ3v) is 4.89. The molecule has 0 aliphatic heterocycles. The normalized spacial score (nSPS) is 13.0. The molecule has 0 atom stereocenters. The molecule has 7 nitrogen and oxygen atoms in total. The van der Waals surface area contributed by atoms with E-state index in [4.69, 9.17) is 9.47 Å². The SMILES string of the molecule is CCOc1ccc(CN(C)C(=NC)NCc2cccc(OCC(=O)NC3CC3)c2)cc1.I. The molecule has 2 aromatic rings. The summed E-state index contributed by atoms with van der Waals surface area (Å²) in [6, 6.07) is 16.2. The van der Waals surface area contributed by atoms with Crippen LogP contribution < -0.4 is 20.1 Å². The number of hydrogen-bond acceptors (Lipinski definition) is 4. The number of amides is 1. The quantitative estimate of drug-likeness (QED) is 0.268. The van der Waals surface area contributed by atoms with Gasteiger partial charge in [0, 0.05) is 33.2 Å². The smallest absolute Gasteiger partial charge is 0.258 e. The number of benzene rings is 2. The van der Waals surface area contributed by atoms with Crippen LogP contribution >= 0.6 is 24.0 Å². The molecule has 1 aliphatic carbocycles. The second kappa shape index (κ2) is 13.1. The number of hydrogen-bond donors (Lipinski definition) is 2. The lowest BCUT2D eigenvalue weighted by Crippen LogP contribution is -2.38. The molecular formula is C24H33IN4O3. The van der Waals surface area contributed by atoms with Crippen molar-refractivity contribution in [1.82, 2.24) is 15.5 Å². The van der Waals surface area contributed by atoms with E-state index in [0.717, 1.165) is 36.7 Å². The predicted octanol–water partition coefficient (Wildman–Crippen LogP) is 3.57. The molecular weight excluding hydrogens is 519 g/mol. The second-order valence-electron chi connectivity index (χ2n) is 7.61. The molecule has 174 valence electrons. The maximum atomic E-state index is 11.8. The summed E-state index contributed by atoms with van der Waals surface area (Å²) < 4.78 is 11.1. The molecule has 0 bridgehead atoms. The van der Waals surface area contributed by atoms with Gasteiger partial charge in [0.2, 0.25) is 0 Å². The number of carbonyl (C=O) groups excluding carboxylic acids is 1. The number of carbonyl (C=O) groups is 1. The Hall–Kier alpha value is -2.49. The van der Waals surface area contributed by atoms with E-state index in [2.05, 4.69) is 32.7 Å². The standard InChI is InChI=1S/C24H32N4O3.HI/c1-4-30-21-12-8-18(9-13-21)16-28(3)24(25-2)26-15-19-6-5-7-22(14-19)31-17-23(29)27-20-10-11-20;/h5-9,12-14,20H,4,10-11,15-17H2,1-3H3,(H,25,26)(H,27,29);1H. The lowest BCUT2D eigenvalue weighted by Gasteiger charge is -2.22. The van der Waals surface area contributed by atoms with Gasteiger partial charge in [0.15, 0.2) is 12.6 Å². The molecule has 1 aliphatic rings. The molecule has 0 heterocycles. The highest BCUT2D eigenvalue weighted by atomic mass is 127. The van der Waals surface area contributed by atoms with Gasteiger partial charge in [0.05, 0.1) is 6.61 Å². The fourth-order valence-electron chi connectivity index (χ4n) is 3.16. The molecule has 2 N–H and O–H groups in total. The van der Waals surface area contributed by atoms with Crippen LogP contribution in [-0.4, -0.2) is 50.1 Å². The molecule has 1 fully saturated rings. The number of aliphatic imine (C=N–C) groups is 1. The maximum Gasteiger partial charge on any atom is 0.258 e. The average Bonchev–Trinajstić information content (AvgIpc) is 3.58. The topological polar surface area (TPSA) is 75.2 Å². The zero-order chi connectivity index (χ0) is 22.1. The predicted molar refractivity (Wildman–Crippen MR) is 138 cm³/mol. The van der Waals surface area contributed by atoms with Crippen molar-refractivity contribution in [3.63, 3.8) is 0 Å². The van der Waals surface area contributed by atoms with Crippen molar-refractivity contribution in [2.75, 3.05) is 27.3 Å². The molecule has 0 radical (unpaired) electrons. The molecule has 8 heteroatoms. The van der Waals surface area contributed by atoms with Crippen LogP contribution in [0.1, 0.15) is 30.9 Å². The van der Waals surface area contributed by atoms with Gasteiger partial charge < -0.3 is 25.0 Å². The van der Waals surface area contributed by atoms with E-state index in [0.29, 0.717) is 24.9 Å². The summed E-state index contributed by atoms with van der Waals surface area (Å²) in [6.45, 7) is 4.01. The Labute approximate surface area is 207 Å². The van der Waals surface area contributed by atoms with Crippen LogP contribution in [0.15, 0.2) is 53.5 Å². The molecule has 3 rings (SSSR count). The van der Waals surface area contributed by atoms with E-state index >= 15 is 0 Å². The van der Waals surface area contributed by atoms with Gasteiger partial charge in [-0.1, -0.05) is 24.3 Å². The summed E-state index contributed by atoms with van der Waals surface area (Å²) in [5.41, 5.74) is 2.23. The Morgan fingerprint density at radius 3 is 2.50 bits per heavy atom. The Bertz CT molecular complexity index is 885. The van der Waals surface area contributed by atoms with Crippen LogP contribution in [0.3, 0.4) is 0 Å². The van der Waals surface area contributed by atoms with E-state index in [1.807, 2.05) is 50.4 Å². The van der Waals surface area contributed by atoms with Gasteiger partial charge in [-0.05, 0) is 55.2 Å². The summed E-state index contributed by atoms with van der Waals surface area (Å²) >= 11 is 0. The van der Waals surface area contributed by atoms with Gasteiger partial charge in [0.1, 0.15) is 11.5 Å². The third-order valence-electron chi connectivity index (χ3n) is 4.89. The van der Waals surface area contributed by atoms with Gasteiger partial charge in [-0.3, -0.25) is 9.79 Å². The molecule has 1 amide bonds. The molecule has 32 heavy (non-hydrogen) atoms. The van der Waals surface area contributed by atoms with Gasteiger partial charge in [0.25, 0.3) is 5.91 Å². The monoisotopic (exact) mass is 552 g/mol. The molecule has 1 saturated carbocycles. The van der Waals surface area contributed by atoms with Gasteiger partial charge in [-0.15, -0.1) is 24.0 Å². The number of rotatable bonds is 10. The van der Waals surface area contributed by atoms with Gasteiger partial charge in [-0.25, -0.2) is 0 Å². The van der Waals surface area contributed by atoms with E-state index in [1.54, 1.807) is 7.05 Å². The van der Waals surface area contributed by atoms with Crippen molar-refractivity contribution >= 4 is 35.8 Å². The average molecular weight is 552 g/mol. The molecule has 0 aromatic heterocycles. The van der Waals surface area contributed by atoms with E-state index in [-0.39, 0.29) is 36.5 Å². The number of ether oxygens (including phenoxy) is 2. The highest BCUT2D eigenvalue weighted by molar-refractivity contribution is 14.0. The van der Waals surface area contributed by atoms with Crippen molar-refractivity contribution in [3.8, 4) is 11.5 Å². The lowest BCUT2D eigenvalue weighted by atomic mass is 10.2. The minimum Gasteiger partial charge on any atom is -0.494 e. The zero-order valence-corrected chi connectivity index (χ0v) is 21.3. The maximum absolute atomic E-state index is 11.8. The Kier molecular flexibility index (Phi) is 10.6. The first kappa shape index (κ1) is 25.8. The first-order valence-corrected chi connectivity index (χ1v) is 10.7. The van der Waals surface area contributed by atoms with Crippen LogP contribution in [0, 0.1) is 0 Å². The minimum absolute atomic E-state index is 0. The largest absolute Gasteiger partial charge is 0.494 e. The van der Waals surface area contributed by atoms with Gasteiger partial charge in [-0.2, -0.15) is 0 Å². The number of guanidine groups is 1. The summed E-state index contributed by atoms with van der Waals surface area (Å²) in [5, 5.41) is 6.30. The van der Waals surface area contributed by atoms with E-state index < -0.39 is 0 Å². The third kappa shape index (κ3) is 8.57. The van der Waals surface area contributed by atoms with E-state index in [1.165, 1.54) is 5.56 Å². The highest BCUT2D eigenvalue weighted by Gasteiger charge is 2.23. The summed E-state index contributed by atoms with van der Waals surface area (Å²) in [5.74, 6) is 2.29. The molecule has 0 saturated heterocycles. The van der Waals surface area contributed by atoms with Crippen LogP contribution in [0.25, 0.3) is 0 Å². The fourth-order valence-corrected chi connectivity index (χ4v) is 3.16. The Morgan fingerprint density at radius 1 is 1.09 bits per heavy atom. The van der Waals surface area contributed by atoms with Crippen LogP contribution in [-0.2, 0) is 17.9 Å². The van der Waals surface area contributed by atoms with Crippen molar-refractivity contribution in [2.24, 2.45) is 4.99 Å². The Balaban J connectivity index is 0.00000363. The van der Waals surface area contributed by atoms with Crippen molar-refractivity contribution in [1.29, 1.82) is 0 Å². The molecule has 0 unspecified atom stereocenters. The Morgan fingerprint density at radius 2 is 1.84 bits per heavy atom. The lowest BCUT2D eigenvalue weighted by molar-refractivity contribution is -0.123. The fraction of sp³-hybridized carbons (Fsp3) is 0.417. The highest BCUT2D eigenvalue weighted by Crippen LogP contribution is 2.19. The van der Waals surface area contributed by atoms with Crippen molar-refractivity contribution in [2.45, 2.75) is 38.9 Å². The van der Waals surface area contributed by atoms with Crippen molar-refractivity contribution in [3.05, 3.63) is 59.7 Å². The first-order valence-electron chi connectivity index (χ1n) is 10.7. The molecule has 0 spiro atoms. The molecule has 2 aromatic carbocycles. The van der Waals surface area contributed by atoms with Gasteiger partial charge >= 0.3 is 0 Å².